The topological polar surface area (TPSA) is 65.5 Å². The van der Waals surface area contributed by atoms with Crippen LogP contribution >= 0.6 is 11.6 Å². The molecular weight excluding hydrogens is 366 g/mol. The Morgan fingerprint density at radius 3 is 2.41 bits per heavy atom. The second kappa shape index (κ2) is 8.60. The third-order valence-electron chi connectivity index (χ3n) is 3.78. The van der Waals surface area contributed by atoms with E-state index in [0.29, 0.717) is 40.5 Å². The van der Waals surface area contributed by atoms with Crippen LogP contribution < -0.4 is 19.5 Å². The monoisotopic (exact) mass is 385 g/mol. The highest BCUT2D eigenvalue weighted by Crippen LogP contribution is 2.41. The number of nitrogens with one attached hydrogen (secondary N) is 1. The minimum absolute atomic E-state index is 0.460. The number of rotatable bonds is 7. The number of nitrogens with zero attached hydrogens (tertiary/aromatic N) is 2. The molecule has 0 radical (unpaired) electrons. The van der Waals surface area contributed by atoms with E-state index < -0.39 is 0 Å². The second-order valence-corrected chi connectivity index (χ2v) is 5.98. The summed E-state index contributed by atoms with van der Waals surface area (Å²) in [5, 5.41) is 3.79. The molecule has 6 nitrogen and oxygen atoms in total. The van der Waals surface area contributed by atoms with Crippen LogP contribution in [0.25, 0.3) is 11.3 Å². The highest BCUT2D eigenvalue weighted by molar-refractivity contribution is 6.30. The summed E-state index contributed by atoms with van der Waals surface area (Å²) in [6, 6.07) is 12.9. The van der Waals surface area contributed by atoms with Crippen LogP contribution in [0.5, 0.6) is 17.2 Å². The zero-order valence-electron chi connectivity index (χ0n) is 15.3. The normalized spacial score (nSPS) is 10.4. The lowest BCUT2D eigenvalue weighted by Crippen LogP contribution is -2.00. The summed E-state index contributed by atoms with van der Waals surface area (Å²) in [5.41, 5.74) is 2.35. The first-order valence-corrected chi connectivity index (χ1v) is 8.77. The molecule has 0 aliphatic rings. The van der Waals surface area contributed by atoms with Crippen LogP contribution in [0.3, 0.4) is 0 Å². The van der Waals surface area contributed by atoms with Crippen LogP contribution in [-0.4, -0.2) is 30.8 Å². The Morgan fingerprint density at radius 1 is 1.04 bits per heavy atom. The molecule has 1 aromatic heterocycles. The van der Waals surface area contributed by atoms with Gasteiger partial charge >= 0.3 is 0 Å². The van der Waals surface area contributed by atoms with Crippen molar-refractivity contribution in [2.24, 2.45) is 0 Å². The van der Waals surface area contributed by atoms with E-state index >= 15 is 0 Å². The van der Waals surface area contributed by atoms with Gasteiger partial charge in [-0.2, -0.15) is 0 Å². The Labute approximate surface area is 163 Å². The van der Waals surface area contributed by atoms with Crippen LogP contribution in [0.1, 0.15) is 6.92 Å². The molecule has 7 heteroatoms. The third-order valence-corrected chi connectivity index (χ3v) is 4.02. The van der Waals surface area contributed by atoms with Gasteiger partial charge in [0, 0.05) is 22.5 Å². The molecule has 0 aliphatic carbocycles. The Bertz CT molecular complexity index is 909. The van der Waals surface area contributed by atoms with Crippen molar-refractivity contribution >= 4 is 23.2 Å². The van der Waals surface area contributed by atoms with Gasteiger partial charge in [0.1, 0.15) is 0 Å². The smallest absolute Gasteiger partial charge is 0.227 e. The fourth-order valence-corrected chi connectivity index (χ4v) is 2.78. The lowest BCUT2D eigenvalue weighted by atomic mass is 10.1. The van der Waals surface area contributed by atoms with Crippen LogP contribution in [0.2, 0.25) is 5.02 Å². The molecule has 1 heterocycles. The molecule has 0 atom stereocenters. The minimum Gasteiger partial charge on any atom is -0.493 e. The van der Waals surface area contributed by atoms with E-state index in [4.69, 9.17) is 25.8 Å². The molecule has 3 aromatic rings. The second-order valence-electron chi connectivity index (χ2n) is 5.54. The predicted molar refractivity (Wildman–Crippen MR) is 106 cm³/mol. The SMILES string of the molecule is CCOc1c(OC)cc(-c2ccnc(Nc3cccc(Cl)c3)n2)cc1OC. The molecule has 0 fully saturated rings. The van der Waals surface area contributed by atoms with Crippen molar-refractivity contribution < 1.29 is 14.2 Å². The van der Waals surface area contributed by atoms with E-state index in [9.17, 15) is 0 Å². The number of aromatic nitrogens is 2. The fraction of sp³-hybridized carbons (Fsp3) is 0.200. The van der Waals surface area contributed by atoms with Gasteiger partial charge in [-0.05, 0) is 43.3 Å². The molecule has 1 N–H and O–H groups in total. The van der Waals surface area contributed by atoms with Gasteiger partial charge in [0.15, 0.2) is 11.5 Å². The maximum atomic E-state index is 6.03. The molecule has 3 rings (SSSR count). The average molecular weight is 386 g/mol. The van der Waals surface area contributed by atoms with Crippen molar-refractivity contribution in [3.63, 3.8) is 0 Å². The van der Waals surface area contributed by atoms with E-state index in [2.05, 4.69) is 15.3 Å². The molecule has 0 unspecified atom stereocenters. The summed E-state index contributed by atoms with van der Waals surface area (Å²) in [7, 11) is 3.18. The average Bonchev–Trinajstić information content (AvgIpc) is 2.68. The lowest BCUT2D eigenvalue weighted by Gasteiger charge is -2.15. The van der Waals surface area contributed by atoms with E-state index in [1.807, 2.05) is 43.3 Å². The number of anilines is 2. The number of halogens is 1. The maximum Gasteiger partial charge on any atom is 0.227 e. The van der Waals surface area contributed by atoms with Crippen molar-refractivity contribution in [2.45, 2.75) is 6.92 Å². The third kappa shape index (κ3) is 4.41. The summed E-state index contributed by atoms with van der Waals surface area (Å²) in [6.07, 6.45) is 1.69. The lowest BCUT2D eigenvalue weighted by molar-refractivity contribution is 0.288. The highest BCUT2D eigenvalue weighted by atomic mass is 35.5. The molecule has 140 valence electrons. The van der Waals surface area contributed by atoms with Gasteiger partial charge in [-0.3, -0.25) is 0 Å². The Hall–Kier alpha value is -2.99. The van der Waals surface area contributed by atoms with E-state index in [1.54, 1.807) is 26.5 Å². The first kappa shape index (κ1) is 18.8. The van der Waals surface area contributed by atoms with Gasteiger partial charge in [-0.1, -0.05) is 17.7 Å². The van der Waals surface area contributed by atoms with Gasteiger partial charge in [-0.25, -0.2) is 9.97 Å². The molecule has 27 heavy (non-hydrogen) atoms. The zero-order valence-corrected chi connectivity index (χ0v) is 16.1. The number of hydrogen-bond acceptors (Lipinski definition) is 6. The number of hydrogen-bond donors (Lipinski definition) is 1. The number of ether oxygens (including phenoxy) is 3. The van der Waals surface area contributed by atoms with Crippen molar-refractivity contribution in [3.8, 4) is 28.5 Å². The molecule has 0 saturated heterocycles. The predicted octanol–water partition coefficient (Wildman–Crippen LogP) is 4.96. The van der Waals surface area contributed by atoms with Gasteiger partial charge in [0.2, 0.25) is 11.7 Å². The summed E-state index contributed by atoms with van der Waals surface area (Å²) >= 11 is 6.03. The Morgan fingerprint density at radius 2 is 1.78 bits per heavy atom. The van der Waals surface area contributed by atoms with Crippen LogP contribution in [0, 0.1) is 0 Å². The summed E-state index contributed by atoms with van der Waals surface area (Å²) < 4.78 is 16.6. The minimum atomic E-state index is 0.460. The van der Waals surface area contributed by atoms with E-state index in [0.717, 1.165) is 11.3 Å². The van der Waals surface area contributed by atoms with Gasteiger partial charge in [0.25, 0.3) is 0 Å². The van der Waals surface area contributed by atoms with E-state index in [-0.39, 0.29) is 0 Å². The van der Waals surface area contributed by atoms with Crippen molar-refractivity contribution in [1.82, 2.24) is 9.97 Å². The molecule has 0 saturated carbocycles. The molecule has 0 spiro atoms. The van der Waals surface area contributed by atoms with Crippen LogP contribution in [-0.2, 0) is 0 Å². The maximum absolute atomic E-state index is 6.03. The first-order valence-electron chi connectivity index (χ1n) is 8.39. The molecule has 0 bridgehead atoms. The highest BCUT2D eigenvalue weighted by Gasteiger charge is 2.15. The molecule has 2 aromatic carbocycles. The zero-order chi connectivity index (χ0) is 19.2. The van der Waals surface area contributed by atoms with Gasteiger partial charge in [-0.15, -0.1) is 0 Å². The molecule has 0 amide bonds. The molecular formula is C20H20ClN3O3. The van der Waals surface area contributed by atoms with Crippen LogP contribution in [0.15, 0.2) is 48.7 Å². The molecule has 0 aliphatic heterocycles. The van der Waals surface area contributed by atoms with E-state index in [1.165, 1.54) is 0 Å². The number of methoxy groups -OCH3 is 2. The van der Waals surface area contributed by atoms with Gasteiger partial charge < -0.3 is 19.5 Å². The largest absolute Gasteiger partial charge is 0.493 e. The number of benzene rings is 2. The van der Waals surface area contributed by atoms with Crippen molar-refractivity contribution in [1.29, 1.82) is 0 Å². The first-order chi connectivity index (χ1) is 13.1. The van der Waals surface area contributed by atoms with Crippen LogP contribution in [0.4, 0.5) is 11.6 Å². The Balaban J connectivity index is 1.96. The summed E-state index contributed by atoms with van der Waals surface area (Å²) in [6.45, 7) is 2.41. The quantitative estimate of drug-likeness (QED) is 0.620. The standard InChI is InChI=1S/C20H20ClN3O3/c1-4-27-19-17(25-2)10-13(11-18(19)26-3)16-8-9-22-20(24-16)23-15-7-5-6-14(21)12-15/h5-12H,4H2,1-3H3,(H,22,23,24). The summed E-state index contributed by atoms with van der Waals surface area (Å²) in [4.78, 5) is 8.85. The summed E-state index contributed by atoms with van der Waals surface area (Å²) in [5.74, 6) is 2.18. The fourth-order valence-electron chi connectivity index (χ4n) is 2.59. The van der Waals surface area contributed by atoms with Crippen molar-refractivity contribution in [2.75, 3.05) is 26.1 Å². The van der Waals surface area contributed by atoms with Gasteiger partial charge in [0.05, 0.1) is 26.5 Å². The Kier molecular flexibility index (Phi) is 5.98. The van der Waals surface area contributed by atoms with Crippen molar-refractivity contribution in [3.05, 3.63) is 53.7 Å².